The molecule has 0 atom stereocenters. The number of aromatic nitrogens is 1. The molecule has 1 aromatic heterocycles. The third-order valence-corrected chi connectivity index (χ3v) is 3.46. The number of ether oxygens (including phenoxy) is 1. The third-order valence-electron chi connectivity index (χ3n) is 3.46. The van der Waals surface area contributed by atoms with Gasteiger partial charge < -0.3 is 9.64 Å². The number of hydrogen-bond donors (Lipinski definition) is 0. The highest BCUT2D eigenvalue weighted by molar-refractivity contribution is 5.75. The lowest BCUT2D eigenvalue weighted by molar-refractivity contribution is 0.112. The molecule has 0 fully saturated rings. The second-order valence-electron chi connectivity index (χ2n) is 4.90. The van der Waals surface area contributed by atoms with E-state index in [-0.39, 0.29) is 0 Å². The minimum absolute atomic E-state index is 0.609. The van der Waals surface area contributed by atoms with Crippen LogP contribution in [0.25, 0.3) is 0 Å². The van der Waals surface area contributed by atoms with Crippen LogP contribution in [0.3, 0.4) is 0 Å². The fourth-order valence-electron chi connectivity index (χ4n) is 2.49. The molecule has 4 nitrogen and oxygen atoms in total. The van der Waals surface area contributed by atoms with E-state index in [4.69, 9.17) is 4.74 Å². The number of carbonyl (C=O) groups excluding carboxylic acids is 1. The summed E-state index contributed by atoms with van der Waals surface area (Å²) in [4.78, 5) is 17.4. The molecule has 3 rings (SSSR count). The van der Waals surface area contributed by atoms with E-state index in [1.165, 1.54) is 0 Å². The molecule has 0 unspecified atom stereocenters. The molecule has 0 radical (unpaired) electrons. The highest BCUT2D eigenvalue weighted by atomic mass is 16.5. The normalized spacial score (nSPS) is 14.2. The van der Waals surface area contributed by atoms with Crippen molar-refractivity contribution in [1.29, 1.82) is 0 Å². The van der Waals surface area contributed by atoms with Gasteiger partial charge in [0.1, 0.15) is 18.2 Å². The number of hydrogen-bond acceptors (Lipinski definition) is 4. The van der Waals surface area contributed by atoms with Crippen molar-refractivity contribution >= 4 is 12.1 Å². The van der Waals surface area contributed by atoms with E-state index in [1.807, 2.05) is 31.2 Å². The van der Waals surface area contributed by atoms with Crippen LogP contribution >= 0.6 is 0 Å². The SMILES string of the molecule is Cc1cc(C=O)cnc1N1CCOc2ccccc2C1. The Labute approximate surface area is 118 Å². The molecule has 0 aliphatic carbocycles. The molecule has 1 aromatic carbocycles. The lowest BCUT2D eigenvalue weighted by Gasteiger charge is -2.22. The fraction of sp³-hybridized carbons (Fsp3) is 0.250. The zero-order valence-corrected chi connectivity index (χ0v) is 11.4. The number of aryl methyl sites for hydroxylation is 1. The molecule has 0 bridgehead atoms. The summed E-state index contributed by atoms with van der Waals surface area (Å²) in [5, 5.41) is 0. The summed E-state index contributed by atoms with van der Waals surface area (Å²) in [7, 11) is 0. The molecular weight excluding hydrogens is 252 g/mol. The van der Waals surface area contributed by atoms with Gasteiger partial charge >= 0.3 is 0 Å². The van der Waals surface area contributed by atoms with Gasteiger partial charge in [0, 0.05) is 23.9 Å². The van der Waals surface area contributed by atoms with Gasteiger partial charge in [-0.25, -0.2) is 4.98 Å². The predicted octanol–water partition coefficient (Wildman–Crippen LogP) is 2.60. The van der Waals surface area contributed by atoms with Crippen molar-refractivity contribution in [3.8, 4) is 5.75 Å². The second kappa shape index (κ2) is 5.33. The number of pyridine rings is 1. The van der Waals surface area contributed by atoms with Gasteiger partial charge in [0.05, 0.1) is 6.54 Å². The zero-order valence-electron chi connectivity index (χ0n) is 11.4. The van der Waals surface area contributed by atoms with Crippen LogP contribution in [0.15, 0.2) is 36.5 Å². The first-order valence-electron chi connectivity index (χ1n) is 6.65. The van der Waals surface area contributed by atoms with E-state index < -0.39 is 0 Å². The molecule has 102 valence electrons. The Kier molecular flexibility index (Phi) is 3.37. The molecule has 0 N–H and O–H groups in total. The first-order chi connectivity index (χ1) is 9.78. The molecule has 1 aliphatic heterocycles. The molecule has 2 heterocycles. The monoisotopic (exact) mass is 268 g/mol. The van der Waals surface area contributed by atoms with Gasteiger partial charge in [-0.1, -0.05) is 18.2 Å². The van der Waals surface area contributed by atoms with Crippen LogP contribution in [-0.4, -0.2) is 24.4 Å². The summed E-state index contributed by atoms with van der Waals surface area (Å²) < 4.78 is 5.76. The van der Waals surface area contributed by atoms with Crippen molar-refractivity contribution in [1.82, 2.24) is 4.98 Å². The summed E-state index contributed by atoms with van der Waals surface area (Å²) >= 11 is 0. The van der Waals surface area contributed by atoms with Gasteiger partial charge in [0.2, 0.25) is 0 Å². The maximum absolute atomic E-state index is 10.8. The number of rotatable bonds is 2. The number of fused-ring (bicyclic) bond motifs is 1. The summed E-state index contributed by atoms with van der Waals surface area (Å²) in [6.45, 7) is 4.16. The molecule has 0 spiro atoms. The Hall–Kier alpha value is -2.36. The summed E-state index contributed by atoms with van der Waals surface area (Å²) in [6, 6.07) is 9.93. The van der Waals surface area contributed by atoms with E-state index in [0.29, 0.717) is 12.2 Å². The fourth-order valence-corrected chi connectivity index (χ4v) is 2.49. The number of aldehydes is 1. The number of benzene rings is 1. The van der Waals surface area contributed by atoms with Crippen LogP contribution in [0.5, 0.6) is 5.75 Å². The molecule has 0 amide bonds. The quantitative estimate of drug-likeness (QED) is 0.785. The highest BCUT2D eigenvalue weighted by Gasteiger charge is 2.17. The Morgan fingerprint density at radius 1 is 1.35 bits per heavy atom. The van der Waals surface area contributed by atoms with Crippen molar-refractivity contribution in [3.63, 3.8) is 0 Å². The van der Waals surface area contributed by atoms with E-state index in [2.05, 4.69) is 16.0 Å². The Balaban J connectivity index is 1.93. The zero-order chi connectivity index (χ0) is 13.9. The van der Waals surface area contributed by atoms with E-state index >= 15 is 0 Å². The van der Waals surface area contributed by atoms with Crippen molar-refractivity contribution in [2.75, 3.05) is 18.1 Å². The Morgan fingerprint density at radius 2 is 2.20 bits per heavy atom. The van der Waals surface area contributed by atoms with Crippen LogP contribution < -0.4 is 9.64 Å². The number of para-hydroxylation sites is 1. The number of carbonyl (C=O) groups is 1. The average molecular weight is 268 g/mol. The largest absolute Gasteiger partial charge is 0.491 e. The van der Waals surface area contributed by atoms with Gasteiger partial charge in [0.15, 0.2) is 6.29 Å². The molecule has 0 saturated carbocycles. The number of nitrogens with zero attached hydrogens (tertiary/aromatic N) is 2. The van der Waals surface area contributed by atoms with E-state index in [0.717, 1.165) is 42.1 Å². The van der Waals surface area contributed by atoms with Crippen molar-refractivity contribution in [2.24, 2.45) is 0 Å². The van der Waals surface area contributed by atoms with Gasteiger partial charge in [-0.3, -0.25) is 4.79 Å². The van der Waals surface area contributed by atoms with Crippen LogP contribution in [0.4, 0.5) is 5.82 Å². The Bertz CT molecular complexity index is 640. The van der Waals surface area contributed by atoms with Gasteiger partial charge in [0.25, 0.3) is 0 Å². The summed E-state index contributed by atoms with van der Waals surface area (Å²) in [5.41, 5.74) is 2.78. The topological polar surface area (TPSA) is 42.4 Å². The van der Waals surface area contributed by atoms with Crippen molar-refractivity contribution in [3.05, 3.63) is 53.2 Å². The molecule has 0 saturated heterocycles. The molecular formula is C16H16N2O2. The van der Waals surface area contributed by atoms with Gasteiger partial charge in [-0.15, -0.1) is 0 Å². The van der Waals surface area contributed by atoms with Crippen LogP contribution in [0, 0.1) is 6.92 Å². The molecule has 1 aliphatic rings. The highest BCUT2D eigenvalue weighted by Crippen LogP contribution is 2.26. The Morgan fingerprint density at radius 3 is 3.00 bits per heavy atom. The first kappa shape index (κ1) is 12.7. The van der Waals surface area contributed by atoms with Crippen molar-refractivity contribution in [2.45, 2.75) is 13.5 Å². The minimum Gasteiger partial charge on any atom is -0.491 e. The average Bonchev–Trinajstić information content (AvgIpc) is 2.69. The summed E-state index contributed by atoms with van der Waals surface area (Å²) in [5.74, 6) is 1.85. The summed E-state index contributed by atoms with van der Waals surface area (Å²) in [6.07, 6.45) is 2.44. The van der Waals surface area contributed by atoms with E-state index in [9.17, 15) is 4.79 Å². The standard InChI is InChI=1S/C16H16N2O2/c1-12-8-13(11-19)9-17-16(12)18-6-7-20-15-5-3-2-4-14(15)10-18/h2-5,8-9,11H,6-7,10H2,1H3. The van der Waals surface area contributed by atoms with Crippen molar-refractivity contribution < 1.29 is 9.53 Å². The minimum atomic E-state index is 0.609. The van der Waals surface area contributed by atoms with Gasteiger partial charge in [-0.2, -0.15) is 0 Å². The first-order valence-corrected chi connectivity index (χ1v) is 6.65. The maximum atomic E-state index is 10.8. The maximum Gasteiger partial charge on any atom is 0.151 e. The van der Waals surface area contributed by atoms with Crippen LogP contribution in [-0.2, 0) is 6.54 Å². The van der Waals surface area contributed by atoms with Crippen LogP contribution in [0.2, 0.25) is 0 Å². The lowest BCUT2D eigenvalue weighted by Crippen LogP contribution is -2.27. The smallest absolute Gasteiger partial charge is 0.151 e. The molecule has 4 heteroatoms. The van der Waals surface area contributed by atoms with Gasteiger partial charge in [-0.05, 0) is 24.6 Å². The predicted molar refractivity (Wildman–Crippen MR) is 77.3 cm³/mol. The third kappa shape index (κ3) is 2.37. The lowest BCUT2D eigenvalue weighted by atomic mass is 10.1. The van der Waals surface area contributed by atoms with E-state index in [1.54, 1.807) is 6.20 Å². The molecule has 20 heavy (non-hydrogen) atoms. The second-order valence-corrected chi connectivity index (χ2v) is 4.90. The van der Waals surface area contributed by atoms with Crippen LogP contribution in [0.1, 0.15) is 21.5 Å². The molecule has 2 aromatic rings. The number of anilines is 1.